The van der Waals surface area contributed by atoms with Crippen LogP contribution in [0.1, 0.15) is 44.9 Å². The van der Waals surface area contributed by atoms with E-state index in [-0.39, 0.29) is 24.7 Å². The molecule has 1 saturated carbocycles. The van der Waals surface area contributed by atoms with E-state index in [4.69, 9.17) is 4.74 Å². The highest BCUT2D eigenvalue weighted by Gasteiger charge is 2.41. The summed E-state index contributed by atoms with van der Waals surface area (Å²) in [4.78, 5) is 0. The quantitative estimate of drug-likeness (QED) is 0.753. The van der Waals surface area contributed by atoms with Gasteiger partial charge in [0.05, 0.1) is 19.3 Å². The molecule has 1 saturated heterocycles. The lowest BCUT2D eigenvalue weighted by Gasteiger charge is -2.37. The Morgan fingerprint density at radius 2 is 1.69 bits per heavy atom. The fraction of sp³-hybridized carbons (Fsp3) is 1.00. The molecule has 0 radical (unpaired) electrons. The van der Waals surface area contributed by atoms with Crippen molar-refractivity contribution in [3.05, 3.63) is 0 Å². The Bertz CT molecular complexity index is 201. The molecule has 1 unspecified atom stereocenters. The van der Waals surface area contributed by atoms with Gasteiger partial charge >= 0.3 is 0 Å². The predicted octanol–water partition coefficient (Wildman–Crippen LogP) is 1.72. The van der Waals surface area contributed by atoms with Crippen LogP contribution in [0.25, 0.3) is 0 Å². The molecule has 3 nitrogen and oxygen atoms in total. The zero-order valence-corrected chi connectivity index (χ0v) is 10.0. The first-order chi connectivity index (χ1) is 7.80. The highest BCUT2D eigenvalue weighted by molar-refractivity contribution is 4.91. The predicted molar refractivity (Wildman–Crippen MR) is 62.2 cm³/mol. The Morgan fingerprint density at radius 3 is 2.19 bits per heavy atom. The second-order valence-electron chi connectivity index (χ2n) is 5.50. The molecule has 2 rings (SSSR count). The average molecular weight is 228 g/mol. The highest BCUT2D eigenvalue weighted by Crippen LogP contribution is 2.44. The molecule has 0 aromatic rings. The summed E-state index contributed by atoms with van der Waals surface area (Å²) in [7, 11) is 0. The van der Waals surface area contributed by atoms with Gasteiger partial charge in [0.1, 0.15) is 0 Å². The molecular weight excluding hydrogens is 204 g/mol. The van der Waals surface area contributed by atoms with Crippen LogP contribution in [0.4, 0.5) is 0 Å². The molecule has 1 heterocycles. The van der Waals surface area contributed by atoms with Gasteiger partial charge in [-0.2, -0.15) is 0 Å². The molecule has 2 aliphatic rings. The fourth-order valence-electron chi connectivity index (χ4n) is 3.40. The number of aliphatic hydroxyl groups excluding tert-OH is 2. The van der Waals surface area contributed by atoms with Gasteiger partial charge in [0.25, 0.3) is 0 Å². The van der Waals surface area contributed by atoms with Crippen LogP contribution in [0.5, 0.6) is 0 Å². The number of ether oxygens (including phenoxy) is 1. The monoisotopic (exact) mass is 228 g/mol. The van der Waals surface area contributed by atoms with Gasteiger partial charge in [0.2, 0.25) is 0 Å². The number of hydrogen-bond donors (Lipinski definition) is 2. The van der Waals surface area contributed by atoms with Crippen LogP contribution >= 0.6 is 0 Å². The maximum Gasteiger partial charge on any atom is 0.0583 e. The fourth-order valence-corrected chi connectivity index (χ4v) is 3.40. The summed E-state index contributed by atoms with van der Waals surface area (Å²) >= 11 is 0. The zero-order valence-electron chi connectivity index (χ0n) is 10.0. The van der Waals surface area contributed by atoms with E-state index in [0.29, 0.717) is 5.92 Å². The summed E-state index contributed by atoms with van der Waals surface area (Å²) in [5.41, 5.74) is -0.286. The Morgan fingerprint density at radius 1 is 1.00 bits per heavy atom. The van der Waals surface area contributed by atoms with Crippen LogP contribution in [0.3, 0.4) is 0 Å². The molecule has 2 fully saturated rings. The molecule has 3 heteroatoms. The Balaban J connectivity index is 2.00. The van der Waals surface area contributed by atoms with E-state index < -0.39 is 0 Å². The lowest BCUT2D eigenvalue weighted by atomic mass is 9.71. The minimum atomic E-state index is -0.286. The first-order valence-corrected chi connectivity index (χ1v) is 6.64. The van der Waals surface area contributed by atoms with Gasteiger partial charge in [-0.05, 0) is 38.0 Å². The van der Waals surface area contributed by atoms with Gasteiger partial charge in [-0.15, -0.1) is 0 Å². The van der Waals surface area contributed by atoms with Crippen LogP contribution in [0.15, 0.2) is 0 Å². The standard InChI is InChI=1S/C13H24O3/c14-9-13(10-15,11-4-1-2-5-11)8-12-6-3-7-16-12/h11-12,14-15H,1-10H2. The van der Waals surface area contributed by atoms with Gasteiger partial charge in [-0.3, -0.25) is 0 Å². The lowest BCUT2D eigenvalue weighted by Crippen LogP contribution is -2.40. The van der Waals surface area contributed by atoms with E-state index in [1.165, 1.54) is 12.8 Å². The summed E-state index contributed by atoms with van der Waals surface area (Å²) in [6.45, 7) is 1.06. The summed E-state index contributed by atoms with van der Waals surface area (Å²) < 4.78 is 5.65. The molecule has 1 aliphatic carbocycles. The van der Waals surface area contributed by atoms with E-state index in [2.05, 4.69) is 0 Å². The van der Waals surface area contributed by atoms with Crippen molar-refractivity contribution in [3.8, 4) is 0 Å². The van der Waals surface area contributed by atoms with Crippen molar-refractivity contribution in [1.82, 2.24) is 0 Å². The minimum Gasteiger partial charge on any atom is -0.396 e. The van der Waals surface area contributed by atoms with Crippen molar-refractivity contribution in [3.63, 3.8) is 0 Å². The second-order valence-corrected chi connectivity index (χ2v) is 5.50. The van der Waals surface area contributed by atoms with Crippen LogP contribution < -0.4 is 0 Å². The van der Waals surface area contributed by atoms with E-state index in [0.717, 1.165) is 38.7 Å². The van der Waals surface area contributed by atoms with Crippen LogP contribution in [0, 0.1) is 11.3 Å². The van der Waals surface area contributed by atoms with Crippen molar-refractivity contribution < 1.29 is 14.9 Å². The topological polar surface area (TPSA) is 49.7 Å². The molecule has 0 amide bonds. The van der Waals surface area contributed by atoms with Crippen molar-refractivity contribution in [2.24, 2.45) is 11.3 Å². The van der Waals surface area contributed by atoms with Crippen molar-refractivity contribution in [2.45, 2.75) is 51.0 Å². The normalized spacial score (nSPS) is 27.8. The van der Waals surface area contributed by atoms with Gasteiger partial charge < -0.3 is 14.9 Å². The first-order valence-electron chi connectivity index (χ1n) is 6.64. The third-order valence-electron chi connectivity index (χ3n) is 4.51. The zero-order chi connectivity index (χ0) is 11.4. The van der Waals surface area contributed by atoms with E-state index in [1.54, 1.807) is 0 Å². The Kier molecular flexibility index (Phi) is 4.22. The minimum absolute atomic E-state index is 0.105. The number of rotatable bonds is 5. The van der Waals surface area contributed by atoms with E-state index in [9.17, 15) is 10.2 Å². The molecule has 94 valence electrons. The molecule has 0 aromatic carbocycles. The van der Waals surface area contributed by atoms with Crippen LogP contribution in [0.2, 0.25) is 0 Å². The van der Waals surface area contributed by atoms with Gasteiger partial charge in [0, 0.05) is 12.0 Å². The third-order valence-corrected chi connectivity index (χ3v) is 4.51. The molecule has 16 heavy (non-hydrogen) atoms. The van der Waals surface area contributed by atoms with Gasteiger partial charge in [-0.1, -0.05) is 12.8 Å². The molecule has 1 aliphatic heterocycles. The average Bonchev–Trinajstić information content (AvgIpc) is 2.99. The van der Waals surface area contributed by atoms with E-state index in [1.807, 2.05) is 0 Å². The summed E-state index contributed by atoms with van der Waals surface area (Å²) in [5, 5.41) is 19.4. The smallest absolute Gasteiger partial charge is 0.0583 e. The maximum absolute atomic E-state index is 9.68. The van der Waals surface area contributed by atoms with E-state index >= 15 is 0 Å². The molecule has 0 spiro atoms. The molecule has 2 N–H and O–H groups in total. The first kappa shape index (κ1) is 12.3. The van der Waals surface area contributed by atoms with Crippen molar-refractivity contribution in [1.29, 1.82) is 0 Å². The highest BCUT2D eigenvalue weighted by atomic mass is 16.5. The van der Waals surface area contributed by atoms with Gasteiger partial charge in [0.15, 0.2) is 0 Å². The van der Waals surface area contributed by atoms with Crippen LogP contribution in [-0.4, -0.2) is 36.1 Å². The molecule has 0 aromatic heterocycles. The summed E-state index contributed by atoms with van der Waals surface area (Å²) in [5.74, 6) is 0.492. The van der Waals surface area contributed by atoms with Gasteiger partial charge in [-0.25, -0.2) is 0 Å². The van der Waals surface area contributed by atoms with Crippen molar-refractivity contribution >= 4 is 0 Å². The number of hydrogen-bond acceptors (Lipinski definition) is 3. The Hall–Kier alpha value is -0.120. The SMILES string of the molecule is OCC(CO)(CC1CCCO1)C1CCCC1. The summed E-state index contributed by atoms with van der Waals surface area (Å²) in [6, 6.07) is 0. The summed E-state index contributed by atoms with van der Waals surface area (Å²) in [6.07, 6.45) is 8.14. The molecule has 0 bridgehead atoms. The molecular formula is C13H24O3. The van der Waals surface area contributed by atoms with Crippen molar-refractivity contribution in [2.75, 3.05) is 19.8 Å². The second kappa shape index (κ2) is 5.48. The molecule has 1 atom stereocenters. The third kappa shape index (κ3) is 2.41. The maximum atomic E-state index is 9.68. The lowest BCUT2D eigenvalue weighted by molar-refractivity contribution is -0.0392. The Labute approximate surface area is 97.8 Å². The largest absolute Gasteiger partial charge is 0.396 e. The van der Waals surface area contributed by atoms with Crippen LogP contribution in [-0.2, 0) is 4.74 Å². The number of aliphatic hydroxyl groups is 2.